The van der Waals surface area contributed by atoms with E-state index >= 15 is 0 Å². The molecule has 2 fully saturated rings. The van der Waals surface area contributed by atoms with Crippen LogP contribution < -0.4 is 20.4 Å². The fourth-order valence-corrected chi connectivity index (χ4v) is 4.91. The molecule has 0 saturated carbocycles. The van der Waals surface area contributed by atoms with Gasteiger partial charge in [-0.3, -0.25) is 4.90 Å². The van der Waals surface area contributed by atoms with E-state index in [0.717, 1.165) is 50.5 Å². The molecule has 3 aromatic rings. The largest absolute Gasteiger partial charge is 0.377 e. The Morgan fingerprint density at radius 1 is 1.31 bits per heavy atom. The summed E-state index contributed by atoms with van der Waals surface area (Å²) < 4.78 is 21.4. The summed E-state index contributed by atoms with van der Waals surface area (Å²) in [6, 6.07) is 3.00. The summed E-state index contributed by atoms with van der Waals surface area (Å²) >= 11 is 0. The Kier molecular flexibility index (Phi) is 4.34. The number of aromatic nitrogens is 3. The normalized spacial score (nSPS) is 19.3. The molecule has 0 unspecified atom stereocenters. The molecule has 3 aliphatic rings. The Bertz CT molecular complexity index is 1220. The van der Waals surface area contributed by atoms with Crippen molar-refractivity contribution in [3.8, 4) is 0 Å². The van der Waals surface area contributed by atoms with Crippen molar-refractivity contribution >= 4 is 28.9 Å². The maximum Gasteiger partial charge on any atom is 0.327 e. The topological polar surface area (TPSA) is 87.0 Å². The fourth-order valence-electron chi connectivity index (χ4n) is 4.91. The third kappa shape index (κ3) is 3.09. The standard InChI is InChI=1S/C22H24FN7O2/c1-14-9-29-10-15(8-17(23)20(29)26-14)27-21(31)30-6-3-16-18(2-4-24-19(16)30)28-7-5-25-22(11-28)12-32-13-22/h2,4,8-10,25H,3,5-7,11-13H2,1H3,(H,27,31). The second kappa shape index (κ2) is 7.14. The zero-order chi connectivity index (χ0) is 21.9. The number of hydrogen-bond donors (Lipinski definition) is 2. The number of amides is 2. The van der Waals surface area contributed by atoms with Gasteiger partial charge in [0.2, 0.25) is 0 Å². The molecule has 3 aromatic heterocycles. The molecule has 0 radical (unpaired) electrons. The number of nitrogens with one attached hydrogen (secondary N) is 2. The number of carbonyl (C=O) groups is 1. The van der Waals surface area contributed by atoms with E-state index < -0.39 is 5.82 Å². The second-order valence-electron chi connectivity index (χ2n) is 8.78. The van der Waals surface area contributed by atoms with Crippen LogP contribution in [0, 0.1) is 12.7 Å². The van der Waals surface area contributed by atoms with E-state index in [1.165, 1.54) is 6.07 Å². The SMILES string of the molecule is Cc1cn2cc(NC(=O)N3CCc4c(N5CCNC6(COC6)C5)ccnc43)cc(F)c2n1. The number of carbonyl (C=O) groups excluding carboxylic acids is 1. The van der Waals surface area contributed by atoms with Gasteiger partial charge in [-0.1, -0.05) is 0 Å². The lowest BCUT2D eigenvalue weighted by Crippen LogP contribution is -2.70. The average Bonchev–Trinajstić information content (AvgIpc) is 3.36. The number of halogens is 1. The Hall–Kier alpha value is -3.24. The molecule has 3 aliphatic heterocycles. The van der Waals surface area contributed by atoms with Crippen molar-refractivity contribution in [3.05, 3.63) is 47.8 Å². The number of piperazine rings is 1. The summed E-state index contributed by atoms with van der Waals surface area (Å²) in [6.07, 6.45) is 5.87. The molecule has 9 nitrogen and oxygen atoms in total. The van der Waals surface area contributed by atoms with Gasteiger partial charge in [0.05, 0.1) is 30.1 Å². The highest BCUT2D eigenvalue weighted by molar-refractivity contribution is 6.03. The number of pyridine rings is 2. The van der Waals surface area contributed by atoms with E-state index in [-0.39, 0.29) is 17.2 Å². The highest BCUT2D eigenvalue weighted by atomic mass is 19.1. The lowest BCUT2D eigenvalue weighted by Gasteiger charge is -2.49. The fraction of sp³-hybridized carbons (Fsp3) is 0.409. The quantitative estimate of drug-likeness (QED) is 0.637. The molecule has 6 heterocycles. The van der Waals surface area contributed by atoms with E-state index in [1.807, 2.05) is 6.07 Å². The molecular formula is C22H24FN7O2. The number of anilines is 3. The Labute approximate surface area is 184 Å². The summed E-state index contributed by atoms with van der Waals surface area (Å²) in [5.41, 5.74) is 3.55. The van der Waals surface area contributed by atoms with Crippen LogP contribution >= 0.6 is 0 Å². The smallest absolute Gasteiger partial charge is 0.327 e. The van der Waals surface area contributed by atoms with E-state index in [0.29, 0.717) is 23.7 Å². The second-order valence-corrected chi connectivity index (χ2v) is 8.78. The van der Waals surface area contributed by atoms with Crippen LogP contribution in [-0.2, 0) is 11.2 Å². The molecular weight excluding hydrogens is 413 g/mol. The summed E-state index contributed by atoms with van der Waals surface area (Å²) in [5, 5.41) is 6.39. The molecule has 2 saturated heterocycles. The monoisotopic (exact) mass is 437 g/mol. The maximum atomic E-state index is 14.4. The maximum absolute atomic E-state index is 14.4. The molecule has 1 spiro atoms. The van der Waals surface area contributed by atoms with Gasteiger partial charge in [-0.25, -0.2) is 19.2 Å². The average molecular weight is 437 g/mol. The number of hydrogen-bond acceptors (Lipinski definition) is 6. The Morgan fingerprint density at radius 2 is 2.19 bits per heavy atom. The molecule has 32 heavy (non-hydrogen) atoms. The van der Waals surface area contributed by atoms with Gasteiger partial charge in [0, 0.05) is 62.1 Å². The van der Waals surface area contributed by atoms with Crippen LogP contribution in [0.4, 0.5) is 26.4 Å². The third-order valence-corrected chi connectivity index (χ3v) is 6.45. The summed E-state index contributed by atoms with van der Waals surface area (Å²) in [7, 11) is 0. The molecule has 166 valence electrons. The highest BCUT2D eigenvalue weighted by Crippen LogP contribution is 2.36. The number of urea groups is 1. The van der Waals surface area contributed by atoms with Crippen molar-refractivity contribution in [1.82, 2.24) is 19.7 Å². The predicted molar refractivity (Wildman–Crippen MR) is 118 cm³/mol. The van der Waals surface area contributed by atoms with Crippen LogP contribution in [0.25, 0.3) is 5.65 Å². The first kappa shape index (κ1) is 19.4. The van der Waals surface area contributed by atoms with E-state index in [4.69, 9.17) is 4.74 Å². The van der Waals surface area contributed by atoms with Crippen LogP contribution in [-0.4, -0.2) is 65.3 Å². The molecule has 0 aliphatic carbocycles. The van der Waals surface area contributed by atoms with Crippen LogP contribution in [0.5, 0.6) is 0 Å². The van der Waals surface area contributed by atoms with Crippen LogP contribution in [0.15, 0.2) is 30.7 Å². The number of aryl methyl sites for hydroxylation is 1. The lowest BCUT2D eigenvalue weighted by atomic mass is 9.93. The zero-order valence-electron chi connectivity index (χ0n) is 17.8. The van der Waals surface area contributed by atoms with E-state index in [9.17, 15) is 9.18 Å². The zero-order valence-corrected chi connectivity index (χ0v) is 17.8. The van der Waals surface area contributed by atoms with Gasteiger partial charge in [0.1, 0.15) is 5.82 Å². The van der Waals surface area contributed by atoms with Gasteiger partial charge in [-0.2, -0.15) is 0 Å². The minimum Gasteiger partial charge on any atom is -0.377 e. The van der Waals surface area contributed by atoms with Crippen LogP contribution in [0.3, 0.4) is 0 Å². The van der Waals surface area contributed by atoms with Crippen molar-refractivity contribution < 1.29 is 13.9 Å². The van der Waals surface area contributed by atoms with Crippen molar-refractivity contribution in [1.29, 1.82) is 0 Å². The molecule has 2 amide bonds. The predicted octanol–water partition coefficient (Wildman–Crippen LogP) is 1.95. The first-order valence-electron chi connectivity index (χ1n) is 10.8. The summed E-state index contributed by atoms with van der Waals surface area (Å²) in [4.78, 5) is 25.7. The van der Waals surface area contributed by atoms with Crippen molar-refractivity contribution in [3.63, 3.8) is 0 Å². The van der Waals surface area contributed by atoms with Crippen LogP contribution in [0.2, 0.25) is 0 Å². The number of ether oxygens (including phenoxy) is 1. The van der Waals surface area contributed by atoms with Crippen molar-refractivity contribution in [2.24, 2.45) is 0 Å². The number of nitrogens with zero attached hydrogens (tertiary/aromatic N) is 5. The number of imidazole rings is 1. The van der Waals surface area contributed by atoms with Gasteiger partial charge in [0.25, 0.3) is 0 Å². The lowest BCUT2D eigenvalue weighted by molar-refractivity contribution is -0.0743. The van der Waals surface area contributed by atoms with Gasteiger partial charge in [0.15, 0.2) is 11.5 Å². The summed E-state index contributed by atoms with van der Waals surface area (Å²) in [6.45, 7) is 6.44. The molecule has 0 aromatic carbocycles. The van der Waals surface area contributed by atoms with Crippen molar-refractivity contribution in [2.45, 2.75) is 18.9 Å². The Balaban J connectivity index is 1.25. The van der Waals surface area contributed by atoms with Crippen molar-refractivity contribution in [2.75, 3.05) is 54.5 Å². The number of rotatable bonds is 2. The van der Waals surface area contributed by atoms with E-state index in [2.05, 4.69) is 25.5 Å². The van der Waals surface area contributed by atoms with Gasteiger partial charge in [-0.15, -0.1) is 0 Å². The molecule has 10 heteroatoms. The summed E-state index contributed by atoms with van der Waals surface area (Å²) in [5.74, 6) is 0.184. The van der Waals surface area contributed by atoms with Crippen LogP contribution in [0.1, 0.15) is 11.3 Å². The van der Waals surface area contributed by atoms with E-state index in [1.54, 1.807) is 34.8 Å². The van der Waals surface area contributed by atoms with Gasteiger partial charge in [-0.05, 0) is 19.4 Å². The Morgan fingerprint density at radius 3 is 3.00 bits per heavy atom. The first-order chi connectivity index (χ1) is 15.5. The first-order valence-corrected chi connectivity index (χ1v) is 10.8. The number of fused-ring (bicyclic) bond motifs is 2. The van der Waals surface area contributed by atoms with Gasteiger partial charge < -0.3 is 24.7 Å². The third-order valence-electron chi connectivity index (χ3n) is 6.45. The molecule has 0 atom stereocenters. The molecule has 0 bridgehead atoms. The highest BCUT2D eigenvalue weighted by Gasteiger charge is 2.43. The minimum atomic E-state index is -0.481. The van der Waals surface area contributed by atoms with Gasteiger partial charge >= 0.3 is 6.03 Å². The minimum absolute atomic E-state index is 0.0263. The molecule has 2 N–H and O–H groups in total. The molecule has 6 rings (SSSR count).